The van der Waals surface area contributed by atoms with E-state index in [2.05, 4.69) is 27.4 Å². The molecule has 7 nitrogen and oxygen atoms in total. The third kappa shape index (κ3) is 5.50. The second kappa shape index (κ2) is 11.2. The van der Waals surface area contributed by atoms with Gasteiger partial charge in [0.25, 0.3) is 11.7 Å². The van der Waals surface area contributed by atoms with Crippen molar-refractivity contribution in [2.75, 3.05) is 46.0 Å². The molecule has 2 fully saturated rings. The van der Waals surface area contributed by atoms with Crippen LogP contribution in [0.25, 0.3) is 5.76 Å². The van der Waals surface area contributed by atoms with E-state index in [1.165, 1.54) is 0 Å². The summed E-state index contributed by atoms with van der Waals surface area (Å²) < 4.78 is 11.9. The minimum atomic E-state index is -0.680. The zero-order chi connectivity index (χ0) is 24.9. The number of morpholine rings is 1. The van der Waals surface area contributed by atoms with Gasteiger partial charge in [-0.05, 0) is 48.4 Å². The van der Waals surface area contributed by atoms with Gasteiger partial charge in [-0.1, -0.05) is 40.7 Å². The van der Waals surface area contributed by atoms with E-state index in [9.17, 15) is 14.7 Å². The lowest BCUT2D eigenvalue weighted by Gasteiger charge is -2.31. The fourth-order valence-corrected chi connectivity index (χ4v) is 4.70. The van der Waals surface area contributed by atoms with Gasteiger partial charge < -0.3 is 19.5 Å². The Morgan fingerprint density at radius 3 is 2.54 bits per heavy atom. The molecule has 0 aliphatic carbocycles. The molecule has 1 N–H and O–H groups in total. The van der Waals surface area contributed by atoms with Crippen LogP contribution in [0, 0.1) is 6.92 Å². The molecule has 4 rings (SSSR count). The summed E-state index contributed by atoms with van der Waals surface area (Å²) in [4.78, 5) is 30.2. The number of aliphatic hydroxyl groups is 1. The number of rotatable bonds is 8. The minimum Gasteiger partial charge on any atom is -0.507 e. The Hall–Kier alpha value is -2.94. The van der Waals surface area contributed by atoms with Crippen LogP contribution in [-0.4, -0.2) is 72.6 Å². The first kappa shape index (κ1) is 25.2. The Balaban J connectivity index is 1.71. The highest BCUT2D eigenvalue weighted by molar-refractivity contribution is 9.10. The lowest BCUT2D eigenvalue weighted by Crippen LogP contribution is -2.42. The van der Waals surface area contributed by atoms with Gasteiger partial charge in [-0.2, -0.15) is 0 Å². The lowest BCUT2D eigenvalue weighted by molar-refractivity contribution is -0.140. The molecule has 2 aliphatic heterocycles. The van der Waals surface area contributed by atoms with E-state index in [1.54, 1.807) is 29.2 Å². The van der Waals surface area contributed by atoms with Crippen LogP contribution < -0.4 is 4.74 Å². The van der Waals surface area contributed by atoms with E-state index in [0.717, 1.165) is 28.7 Å². The molecule has 2 aromatic rings. The largest absolute Gasteiger partial charge is 0.507 e. The highest BCUT2D eigenvalue weighted by atomic mass is 79.9. The number of hydrogen-bond donors (Lipinski definition) is 1. The van der Waals surface area contributed by atoms with Gasteiger partial charge in [-0.15, -0.1) is 0 Å². The SMILES string of the molecule is C=CCOc1ccc(/C(O)=C2/C(=O)C(=O)N(CCN3CCOCC3)C2c2ccc(Br)cc2)cc1C. The molecule has 8 heteroatoms. The molecule has 2 saturated heterocycles. The summed E-state index contributed by atoms with van der Waals surface area (Å²) in [5.41, 5.74) is 2.12. The van der Waals surface area contributed by atoms with Crippen molar-refractivity contribution < 1.29 is 24.2 Å². The molecule has 1 amide bonds. The second-order valence-electron chi connectivity index (χ2n) is 8.58. The molecular formula is C27H29BrN2O5. The fourth-order valence-electron chi connectivity index (χ4n) is 4.44. The van der Waals surface area contributed by atoms with E-state index in [1.807, 2.05) is 31.2 Å². The maximum atomic E-state index is 13.2. The maximum Gasteiger partial charge on any atom is 0.295 e. The number of ether oxygens (including phenoxy) is 2. The maximum absolute atomic E-state index is 13.2. The van der Waals surface area contributed by atoms with Crippen molar-refractivity contribution in [3.8, 4) is 5.75 Å². The van der Waals surface area contributed by atoms with E-state index in [-0.39, 0.29) is 11.3 Å². The molecule has 0 saturated carbocycles. The van der Waals surface area contributed by atoms with Crippen molar-refractivity contribution in [1.29, 1.82) is 0 Å². The topological polar surface area (TPSA) is 79.3 Å². The number of aliphatic hydroxyl groups excluding tert-OH is 1. The van der Waals surface area contributed by atoms with E-state index < -0.39 is 17.7 Å². The Kier molecular flexibility index (Phi) is 8.05. The molecule has 2 aliphatic rings. The number of hydrogen-bond acceptors (Lipinski definition) is 6. The highest BCUT2D eigenvalue weighted by Crippen LogP contribution is 2.40. The van der Waals surface area contributed by atoms with E-state index in [4.69, 9.17) is 9.47 Å². The molecule has 0 bridgehead atoms. The summed E-state index contributed by atoms with van der Waals surface area (Å²) in [6.45, 7) is 9.75. The van der Waals surface area contributed by atoms with Crippen LogP contribution >= 0.6 is 15.9 Å². The average molecular weight is 541 g/mol. The van der Waals surface area contributed by atoms with Crippen LogP contribution in [-0.2, 0) is 14.3 Å². The number of aryl methyl sites for hydroxylation is 1. The number of carbonyl (C=O) groups is 2. The summed E-state index contributed by atoms with van der Waals surface area (Å²) in [6.07, 6.45) is 1.66. The van der Waals surface area contributed by atoms with Crippen molar-refractivity contribution >= 4 is 33.4 Å². The first-order valence-electron chi connectivity index (χ1n) is 11.6. The van der Waals surface area contributed by atoms with Gasteiger partial charge >= 0.3 is 0 Å². The number of likely N-dealkylation sites (tertiary alicyclic amines) is 1. The number of nitrogens with zero attached hydrogens (tertiary/aromatic N) is 2. The summed E-state index contributed by atoms with van der Waals surface area (Å²) in [5.74, 6) is -0.808. The summed E-state index contributed by atoms with van der Waals surface area (Å²) >= 11 is 3.44. The zero-order valence-corrected chi connectivity index (χ0v) is 21.3. The van der Waals surface area contributed by atoms with Crippen molar-refractivity contribution in [3.05, 3.63) is 81.9 Å². The summed E-state index contributed by atoms with van der Waals surface area (Å²) in [5, 5.41) is 11.3. The normalized spacial score (nSPS) is 20.3. The van der Waals surface area contributed by atoms with Crippen molar-refractivity contribution in [2.24, 2.45) is 0 Å². The fraction of sp³-hybridized carbons (Fsp3) is 0.333. The van der Waals surface area contributed by atoms with Crippen molar-refractivity contribution in [3.63, 3.8) is 0 Å². The number of ketones is 1. The minimum absolute atomic E-state index is 0.0958. The number of benzene rings is 2. The average Bonchev–Trinajstić information content (AvgIpc) is 3.12. The zero-order valence-electron chi connectivity index (χ0n) is 19.7. The smallest absolute Gasteiger partial charge is 0.295 e. The Morgan fingerprint density at radius 2 is 1.89 bits per heavy atom. The Bertz CT molecular complexity index is 1140. The Labute approximate surface area is 213 Å². The molecular weight excluding hydrogens is 512 g/mol. The van der Waals surface area contributed by atoms with E-state index in [0.29, 0.717) is 44.2 Å². The molecule has 1 unspecified atom stereocenters. The molecule has 0 aromatic heterocycles. The third-order valence-corrected chi connectivity index (χ3v) is 6.82. The monoisotopic (exact) mass is 540 g/mol. The predicted molar refractivity (Wildman–Crippen MR) is 137 cm³/mol. The molecule has 0 spiro atoms. The number of halogens is 1. The lowest BCUT2D eigenvalue weighted by atomic mass is 9.95. The third-order valence-electron chi connectivity index (χ3n) is 6.29. The van der Waals surface area contributed by atoms with Crippen LogP contribution in [0.5, 0.6) is 5.75 Å². The summed E-state index contributed by atoms with van der Waals surface area (Å²) in [6, 6.07) is 12.0. The number of Topliss-reactive ketones (excluding diaryl/α,β-unsaturated/α-hetero) is 1. The molecule has 2 aromatic carbocycles. The Morgan fingerprint density at radius 1 is 1.17 bits per heavy atom. The predicted octanol–water partition coefficient (Wildman–Crippen LogP) is 4.08. The van der Waals surface area contributed by atoms with Crippen LogP contribution in [0.3, 0.4) is 0 Å². The van der Waals surface area contributed by atoms with Gasteiger partial charge in [0.2, 0.25) is 0 Å². The number of carbonyl (C=O) groups excluding carboxylic acids is 2. The van der Waals surface area contributed by atoms with Gasteiger partial charge in [-0.25, -0.2) is 0 Å². The van der Waals surface area contributed by atoms with Crippen molar-refractivity contribution in [2.45, 2.75) is 13.0 Å². The van der Waals surface area contributed by atoms with Crippen LogP contribution in [0.15, 0.2) is 65.2 Å². The van der Waals surface area contributed by atoms with Gasteiger partial charge in [-0.3, -0.25) is 14.5 Å². The van der Waals surface area contributed by atoms with Crippen molar-refractivity contribution in [1.82, 2.24) is 9.80 Å². The molecule has 184 valence electrons. The second-order valence-corrected chi connectivity index (χ2v) is 9.49. The van der Waals surface area contributed by atoms with Crippen LogP contribution in [0.2, 0.25) is 0 Å². The first-order chi connectivity index (χ1) is 16.9. The number of amides is 1. The van der Waals surface area contributed by atoms with Gasteiger partial charge in [0, 0.05) is 36.2 Å². The van der Waals surface area contributed by atoms with Gasteiger partial charge in [0.15, 0.2) is 0 Å². The molecule has 35 heavy (non-hydrogen) atoms. The summed E-state index contributed by atoms with van der Waals surface area (Å²) in [7, 11) is 0. The van der Waals surface area contributed by atoms with Crippen LogP contribution in [0.4, 0.5) is 0 Å². The van der Waals surface area contributed by atoms with Gasteiger partial charge in [0.1, 0.15) is 18.1 Å². The first-order valence-corrected chi connectivity index (χ1v) is 12.4. The van der Waals surface area contributed by atoms with E-state index >= 15 is 0 Å². The van der Waals surface area contributed by atoms with Crippen LogP contribution in [0.1, 0.15) is 22.7 Å². The molecule has 0 radical (unpaired) electrons. The molecule has 1 atom stereocenters. The van der Waals surface area contributed by atoms with Gasteiger partial charge in [0.05, 0.1) is 24.8 Å². The highest BCUT2D eigenvalue weighted by Gasteiger charge is 2.46. The molecule has 2 heterocycles. The quantitative estimate of drug-likeness (QED) is 0.235. The standard InChI is InChI=1S/C27H29BrN2O5/c1-3-14-35-22-9-6-20(17-18(22)2)25(31)23-24(19-4-7-21(28)8-5-19)30(27(33)26(23)32)11-10-29-12-15-34-16-13-29/h3-9,17,24,31H,1,10-16H2,2H3/b25-23-.